The van der Waals surface area contributed by atoms with E-state index in [-0.39, 0.29) is 5.41 Å². The molecule has 20 heavy (non-hydrogen) atoms. The van der Waals surface area contributed by atoms with Gasteiger partial charge in [-0.05, 0) is 36.2 Å². The maximum Gasteiger partial charge on any atom is 0.00750 e. The van der Waals surface area contributed by atoms with Crippen molar-refractivity contribution in [3.63, 3.8) is 0 Å². The summed E-state index contributed by atoms with van der Waals surface area (Å²) in [5.41, 5.74) is 2.12. The van der Waals surface area contributed by atoms with Crippen molar-refractivity contribution < 1.29 is 0 Å². The zero-order valence-corrected chi connectivity index (χ0v) is 13.9. The quantitative estimate of drug-likeness (QED) is 0.833. The molecule has 1 N–H and O–H groups in total. The first kappa shape index (κ1) is 15.6. The smallest absolute Gasteiger partial charge is 0.00750 e. The van der Waals surface area contributed by atoms with Gasteiger partial charge in [0.15, 0.2) is 0 Å². The summed E-state index contributed by atoms with van der Waals surface area (Å²) < 4.78 is 0. The molecule has 112 valence electrons. The Hall–Kier alpha value is -0.820. The van der Waals surface area contributed by atoms with Gasteiger partial charge in [0.05, 0.1) is 0 Å². The third kappa shape index (κ3) is 4.09. The molecule has 1 aromatic carbocycles. The van der Waals surface area contributed by atoms with Gasteiger partial charge in [-0.15, -0.1) is 0 Å². The van der Waals surface area contributed by atoms with Crippen molar-refractivity contribution in [2.24, 2.45) is 11.3 Å². The van der Waals surface area contributed by atoms with Crippen LogP contribution in [0, 0.1) is 11.3 Å². The normalized spacial score (nSPS) is 26.4. The van der Waals surface area contributed by atoms with E-state index in [4.69, 9.17) is 0 Å². The van der Waals surface area contributed by atoms with Crippen molar-refractivity contribution >= 4 is 0 Å². The molecule has 0 spiro atoms. The Kier molecular flexibility index (Phi) is 4.59. The molecule has 2 unspecified atom stereocenters. The zero-order chi connectivity index (χ0) is 14.8. The van der Waals surface area contributed by atoms with Gasteiger partial charge in [0, 0.05) is 18.0 Å². The molecule has 0 amide bonds. The molecule has 2 rings (SSSR count). The molecule has 1 aromatic rings. The van der Waals surface area contributed by atoms with Crippen molar-refractivity contribution in [2.75, 3.05) is 6.54 Å². The summed E-state index contributed by atoms with van der Waals surface area (Å²) in [5, 5.41) is 3.85. The van der Waals surface area contributed by atoms with Crippen LogP contribution in [-0.2, 0) is 5.41 Å². The third-order valence-electron chi connectivity index (χ3n) is 4.77. The molecule has 2 atom stereocenters. The van der Waals surface area contributed by atoms with Gasteiger partial charge in [-0.3, -0.25) is 0 Å². The highest BCUT2D eigenvalue weighted by Gasteiger charge is 2.32. The summed E-state index contributed by atoms with van der Waals surface area (Å²) in [6, 6.07) is 11.5. The molecule has 1 fully saturated rings. The summed E-state index contributed by atoms with van der Waals surface area (Å²) >= 11 is 0. The summed E-state index contributed by atoms with van der Waals surface area (Å²) in [5.74, 6) is 0.844. The van der Waals surface area contributed by atoms with Crippen molar-refractivity contribution in [1.82, 2.24) is 5.32 Å². The molecule has 0 saturated heterocycles. The Morgan fingerprint density at radius 1 is 1.15 bits per heavy atom. The maximum absolute atomic E-state index is 3.85. The third-order valence-corrected chi connectivity index (χ3v) is 4.77. The molecular weight excluding hydrogens is 242 g/mol. The van der Waals surface area contributed by atoms with Gasteiger partial charge in [0.25, 0.3) is 0 Å². The fourth-order valence-electron chi connectivity index (χ4n) is 3.89. The molecule has 1 aliphatic rings. The molecular formula is C19H31N. The Morgan fingerprint density at radius 3 is 2.40 bits per heavy atom. The van der Waals surface area contributed by atoms with Gasteiger partial charge in [0.1, 0.15) is 0 Å². The monoisotopic (exact) mass is 273 g/mol. The highest BCUT2D eigenvalue weighted by molar-refractivity contribution is 5.23. The van der Waals surface area contributed by atoms with Gasteiger partial charge in [0.2, 0.25) is 0 Å². The molecule has 0 radical (unpaired) electrons. The van der Waals surface area contributed by atoms with Crippen LogP contribution in [0.25, 0.3) is 0 Å². The van der Waals surface area contributed by atoms with Crippen LogP contribution in [0.4, 0.5) is 0 Å². The van der Waals surface area contributed by atoms with E-state index in [1.807, 2.05) is 0 Å². The molecule has 0 heterocycles. The van der Waals surface area contributed by atoms with Crippen LogP contribution in [0.3, 0.4) is 0 Å². The van der Waals surface area contributed by atoms with E-state index in [1.165, 1.54) is 24.8 Å². The molecule has 1 saturated carbocycles. The van der Waals surface area contributed by atoms with Crippen LogP contribution < -0.4 is 5.32 Å². The van der Waals surface area contributed by atoms with Crippen molar-refractivity contribution in [3.8, 4) is 0 Å². The largest absolute Gasteiger partial charge is 0.313 e. The van der Waals surface area contributed by atoms with Gasteiger partial charge in [-0.1, -0.05) is 65.0 Å². The molecule has 1 nitrogen and oxygen atoms in total. The number of rotatable bonds is 4. The molecule has 0 aromatic heterocycles. The van der Waals surface area contributed by atoms with Crippen LogP contribution in [0.15, 0.2) is 30.3 Å². The van der Waals surface area contributed by atoms with Crippen molar-refractivity contribution in [3.05, 3.63) is 35.9 Å². The summed E-state index contributed by atoms with van der Waals surface area (Å²) in [4.78, 5) is 0. The van der Waals surface area contributed by atoms with E-state index in [0.29, 0.717) is 11.5 Å². The van der Waals surface area contributed by atoms with E-state index >= 15 is 0 Å². The first-order chi connectivity index (χ1) is 9.28. The standard InChI is InChI=1S/C19H31N/c1-15-11-17(13-18(2,3)12-15)20-14-19(4,5)16-9-7-6-8-10-16/h6-10,15,17,20H,11-14H2,1-5H3. The van der Waals surface area contributed by atoms with Crippen LogP contribution in [-0.4, -0.2) is 12.6 Å². The summed E-state index contributed by atoms with van der Waals surface area (Å²) in [7, 11) is 0. The highest BCUT2D eigenvalue weighted by atomic mass is 14.9. The number of benzene rings is 1. The van der Waals surface area contributed by atoms with Gasteiger partial charge in [-0.25, -0.2) is 0 Å². The first-order valence-corrected chi connectivity index (χ1v) is 8.07. The van der Waals surface area contributed by atoms with Crippen LogP contribution in [0.5, 0.6) is 0 Å². The Morgan fingerprint density at radius 2 is 1.80 bits per heavy atom. The average molecular weight is 273 g/mol. The predicted octanol–water partition coefficient (Wildman–Crippen LogP) is 4.77. The zero-order valence-electron chi connectivity index (χ0n) is 13.9. The minimum Gasteiger partial charge on any atom is -0.313 e. The topological polar surface area (TPSA) is 12.0 Å². The first-order valence-electron chi connectivity index (χ1n) is 8.07. The summed E-state index contributed by atoms with van der Waals surface area (Å²) in [6.07, 6.45) is 4.00. The minimum absolute atomic E-state index is 0.200. The second-order valence-corrected chi connectivity index (χ2v) is 8.24. The molecule has 0 aliphatic heterocycles. The van der Waals surface area contributed by atoms with Crippen LogP contribution in [0.2, 0.25) is 0 Å². The van der Waals surface area contributed by atoms with Crippen molar-refractivity contribution in [1.29, 1.82) is 0 Å². The lowest BCUT2D eigenvalue weighted by Gasteiger charge is -2.40. The van der Waals surface area contributed by atoms with Gasteiger partial charge >= 0.3 is 0 Å². The number of nitrogens with one attached hydrogen (secondary N) is 1. The fraction of sp³-hybridized carbons (Fsp3) is 0.684. The van der Waals surface area contributed by atoms with Crippen molar-refractivity contribution in [2.45, 2.75) is 65.3 Å². The second kappa shape index (κ2) is 5.89. The predicted molar refractivity (Wildman–Crippen MR) is 88.1 cm³/mol. The number of hydrogen-bond donors (Lipinski definition) is 1. The van der Waals surface area contributed by atoms with E-state index in [2.05, 4.69) is 70.3 Å². The fourth-order valence-corrected chi connectivity index (χ4v) is 3.89. The Labute approximate surface area is 125 Å². The van der Waals surface area contributed by atoms with Gasteiger partial charge < -0.3 is 5.32 Å². The SMILES string of the molecule is CC1CC(NCC(C)(C)c2ccccc2)CC(C)(C)C1. The second-order valence-electron chi connectivity index (χ2n) is 8.24. The van der Waals surface area contributed by atoms with Crippen LogP contribution >= 0.6 is 0 Å². The highest BCUT2D eigenvalue weighted by Crippen LogP contribution is 2.38. The van der Waals surface area contributed by atoms with E-state index in [9.17, 15) is 0 Å². The van der Waals surface area contributed by atoms with Crippen LogP contribution in [0.1, 0.15) is 59.4 Å². The minimum atomic E-state index is 0.200. The molecule has 0 bridgehead atoms. The summed E-state index contributed by atoms with van der Waals surface area (Å²) in [6.45, 7) is 13.0. The average Bonchev–Trinajstić information content (AvgIpc) is 2.35. The van der Waals surface area contributed by atoms with Gasteiger partial charge in [-0.2, -0.15) is 0 Å². The van der Waals surface area contributed by atoms with E-state index in [1.54, 1.807) is 0 Å². The Balaban J connectivity index is 1.94. The lowest BCUT2D eigenvalue weighted by molar-refractivity contribution is 0.148. The Bertz CT molecular complexity index is 419. The molecule has 1 heteroatoms. The lowest BCUT2D eigenvalue weighted by atomic mass is 9.70. The molecule has 1 aliphatic carbocycles. The maximum atomic E-state index is 3.85. The van der Waals surface area contributed by atoms with E-state index < -0.39 is 0 Å². The number of hydrogen-bond acceptors (Lipinski definition) is 1. The lowest BCUT2D eigenvalue weighted by Crippen LogP contribution is -2.44. The van der Waals surface area contributed by atoms with E-state index in [0.717, 1.165) is 12.5 Å².